The molecular weight excluding hydrogens is 342 g/mol. The van der Waals surface area contributed by atoms with Gasteiger partial charge in [-0.05, 0) is 86.4 Å². The van der Waals surface area contributed by atoms with Crippen LogP contribution in [0.2, 0.25) is 0 Å². The molecule has 0 aromatic rings. The molecule has 0 aromatic carbocycles. The number of allylic oxidation sites excluding steroid dienone is 4. The van der Waals surface area contributed by atoms with Crippen molar-refractivity contribution in [2.75, 3.05) is 0 Å². The van der Waals surface area contributed by atoms with Crippen molar-refractivity contribution in [1.29, 1.82) is 0 Å². The van der Waals surface area contributed by atoms with Gasteiger partial charge in [-0.2, -0.15) is 0 Å². The topological polar surface area (TPSA) is 64.1 Å². The summed E-state index contributed by atoms with van der Waals surface area (Å²) >= 11 is 0. The Kier molecular flexibility index (Phi) is 6.96. The van der Waals surface area contributed by atoms with Gasteiger partial charge in [0.15, 0.2) is 0 Å². The number of hydrogen-bond acceptors (Lipinski definition) is 3. The van der Waals surface area contributed by atoms with Crippen molar-refractivity contribution in [1.82, 2.24) is 5.32 Å². The van der Waals surface area contributed by atoms with Gasteiger partial charge in [0.1, 0.15) is 0 Å². The lowest BCUT2D eigenvalue weighted by molar-refractivity contribution is 0.107. The zero-order chi connectivity index (χ0) is 19.5. The van der Waals surface area contributed by atoms with E-state index in [2.05, 4.69) is 36.5 Å². The van der Waals surface area contributed by atoms with Crippen LogP contribution in [0.1, 0.15) is 77.6 Å². The highest BCUT2D eigenvalue weighted by Crippen LogP contribution is 2.45. The lowest BCUT2D eigenvalue weighted by Crippen LogP contribution is -2.56. The van der Waals surface area contributed by atoms with Crippen LogP contribution in [-0.4, -0.2) is 12.3 Å². The molecule has 0 aliphatic heterocycles. The Morgan fingerprint density at radius 3 is 2.18 bits per heavy atom. The molecule has 4 aliphatic rings. The quantitative estimate of drug-likeness (QED) is 0.588. The second kappa shape index (κ2) is 9.45. The first kappa shape index (κ1) is 20.6. The number of nitrogens with two attached hydrogens (primary N) is 2. The summed E-state index contributed by atoms with van der Waals surface area (Å²) in [5, 5.41) is 3.64. The maximum absolute atomic E-state index is 6.67. The van der Waals surface area contributed by atoms with Crippen LogP contribution in [0.25, 0.3) is 0 Å². The molecule has 4 aliphatic carbocycles. The maximum atomic E-state index is 6.67. The van der Waals surface area contributed by atoms with Crippen LogP contribution in [0.15, 0.2) is 24.3 Å². The van der Waals surface area contributed by atoms with Gasteiger partial charge in [-0.15, -0.1) is 0 Å². The molecule has 0 spiro atoms. The van der Waals surface area contributed by atoms with Crippen LogP contribution in [0.3, 0.4) is 0 Å². The van der Waals surface area contributed by atoms with Crippen molar-refractivity contribution in [3.05, 3.63) is 24.3 Å². The van der Waals surface area contributed by atoms with Gasteiger partial charge in [0.25, 0.3) is 0 Å². The smallest absolute Gasteiger partial charge is 0.0587 e. The van der Waals surface area contributed by atoms with Crippen LogP contribution in [0.5, 0.6) is 0 Å². The fourth-order valence-corrected chi connectivity index (χ4v) is 6.73. The van der Waals surface area contributed by atoms with Crippen molar-refractivity contribution in [2.45, 2.75) is 89.9 Å². The molecule has 0 amide bonds. The van der Waals surface area contributed by atoms with E-state index in [0.717, 1.165) is 29.6 Å². The molecule has 0 heterocycles. The first-order valence-electron chi connectivity index (χ1n) is 12.2. The number of nitrogens with one attached hydrogen (secondary N) is 1. The minimum absolute atomic E-state index is 0.0750. The molecule has 28 heavy (non-hydrogen) atoms. The summed E-state index contributed by atoms with van der Waals surface area (Å²) in [6, 6.07) is 0. The van der Waals surface area contributed by atoms with Crippen molar-refractivity contribution >= 4 is 0 Å². The average Bonchev–Trinajstić information content (AvgIpc) is 2.74. The van der Waals surface area contributed by atoms with Gasteiger partial charge in [-0.3, -0.25) is 5.32 Å². The molecule has 3 heteroatoms. The van der Waals surface area contributed by atoms with Gasteiger partial charge in [-0.25, -0.2) is 0 Å². The molecular formula is C25H43N3. The third-order valence-electron chi connectivity index (χ3n) is 8.71. The Labute approximate surface area is 172 Å². The first-order chi connectivity index (χ1) is 13.6. The lowest BCUT2D eigenvalue weighted by Gasteiger charge is -2.43. The molecule has 0 saturated heterocycles. The summed E-state index contributed by atoms with van der Waals surface area (Å²) in [5.74, 6) is 5.47. The summed E-state index contributed by atoms with van der Waals surface area (Å²) < 4.78 is 0. The van der Waals surface area contributed by atoms with E-state index in [9.17, 15) is 0 Å². The SMILES string of the molecule is CC1CCC(C(N)NC(N)C2CCCC(C3CCC4C=CC=CC4C3)C2)CC1. The van der Waals surface area contributed by atoms with E-state index in [1.807, 2.05) is 0 Å². The minimum Gasteiger partial charge on any atom is -0.316 e. The standard InChI is InChI=1S/C25H43N3/c1-17-9-11-19(12-10-17)24(26)28-25(27)23-8-4-7-21(16-23)22-14-13-18-5-2-3-6-20(18)15-22/h2-3,5-6,17-25,28H,4,7-16,26-27H2,1H3. The molecule has 7 unspecified atom stereocenters. The average molecular weight is 386 g/mol. The summed E-state index contributed by atoms with van der Waals surface area (Å²) in [6.45, 7) is 2.37. The highest BCUT2D eigenvalue weighted by Gasteiger charge is 2.37. The second-order valence-corrected chi connectivity index (χ2v) is 10.6. The van der Waals surface area contributed by atoms with E-state index in [1.54, 1.807) is 0 Å². The zero-order valence-electron chi connectivity index (χ0n) is 17.9. The Morgan fingerprint density at radius 1 is 0.714 bits per heavy atom. The third kappa shape index (κ3) is 4.91. The van der Waals surface area contributed by atoms with Crippen molar-refractivity contribution in [2.24, 2.45) is 52.9 Å². The Hall–Kier alpha value is -0.640. The van der Waals surface area contributed by atoms with E-state index in [-0.39, 0.29) is 12.3 Å². The van der Waals surface area contributed by atoms with E-state index in [0.29, 0.717) is 11.8 Å². The van der Waals surface area contributed by atoms with Gasteiger partial charge in [-0.1, -0.05) is 56.9 Å². The fraction of sp³-hybridized carbons (Fsp3) is 0.840. The van der Waals surface area contributed by atoms with Gasteiger partial charge < -0.3 is 11.5 Å². The van der Waals surface area contributed by atoms with Gasteiger partial charge in [0.2, 0.25) is 0 Å². The highest BCUT2D eigenvalue weighted by atomic mass is 15.1. The number of rotatable bonds is 5. The van der Waals surface area contributed by atoms with Crippen molar-refractivity contribution in [3.8, 4) is 0 Å². The molecule has 4 rings (SSSR count). The van der Waals surface area contributed by atoms with E-state index in [4.69, 9.17) is 11.5 Å². The van der Waals surface area contributed by atoms with Crippen LogP contribution in [0, 0.1) is 41.4 Å². The summed E-state index contributed by atoms with van der Waals surface area (Å²) in [6.07, 6.45) is 24.3. The van der Waals surface area contributed by atoms with Crippen LogP contribution in [-0.2, 0) is 0 Å². The summed E-state index contributed by atoms with van der Waals surface area (Å²) in [7, 11) is 0. The molecule has 3 saturated carbocycles. The summed E-state index contributed by atoms with van der Waals surface area (Å²) in [5.41, 5.74) is 13.2. The molecule has 0 aromatic heterocycles. The van der Waals surface area contributed by atoms with Crippen molar-refractivity contribution in [3.63, 3.8) is 0 Å². The number of hydrogen-bond donors (Lipinski definition) is 3. The molecule has 5 N–H and O–H groups in total. The van der Waals surface area contributed by atoms with Gasteiger partial charge >= 0.3 is 0 Å². The lowest BCUT2D eigenvalue weighted by atomic mass is 9.64. The monoisotopic (exact) mass is 385 g/mol. The summed E-state index contributed by atoms with van der Waals surface area (Å²) in [4.78, 5) is 0. The van der Waals surface area contributed by atoms with E-state index >= 15 is 0 Å². The van der Waals surface area contributed by atoms with E-state index < -0.39 is 0 Å². The normalized spacial score (nSPS) is 43.3. The molecule has 3 nitrogen and oxygen atoms in total. The minimum atomic E-state index is 0.0750. The van der Waals surface area contributed by atoms with Gasteiger partial charge in [0.05, 0.1) is 12.3 Å². The molecule has 0 bridgehead atoms. The largest absolute Gasteiger partial charge is 0.316 e. The van der Waals surface area contributed by atoms with E-state index in [1.165, 1.54) is 70.6 Å². The van der Waals surface area contributed by atoms with Gasteiger partial charge in [0, 0.05) is 0 Å². The Morgan fingerprint density at radius 2 is 1.39 bits per heavy atom. The van der Waals surface area contributed by atoms with Crippen LogP contribution in [0.4, 0.5) is 0 Å². The highest BCUT2D eigenvalue weighted by molar-refractivity contribution is 5.15. The Bertz CT molecular complexity index is 548. The molecule has 0 radical (unpaired) electrons. The second-order valence-electron chi connectivity index (χ2n) is 10.6. The van der Waals surface area contributed by atoms with Crippen LogP contribution >= 0.6 is 0 Å². The predicted octanol–water partition coefficient (Wildman–Crippen LogP) is 4.94. The predicted molar refractivity (Wildman–Crippen MR) is 118 cm³/mol. The van der Waals surface area contributed by atoms with Crippen LogP contribution < -0.4 is 16.8 Å². The zero-order valence-corrected chi connectivity index (χ0v) is 17.9. The third-order valence-corrected chi connectivity index (χ3v) is 8.71. The van der Waals surface area contributed by atoms with Crippen molar-refractivity contribution < 1.29 is 0 Å². The molecule has 7 atom stereocenters. The first-order valence-corrected chi connectivity index (χ1v) is 12.2. The maximum Gasteiger partial charge on any atom is 0.0587 e. The fourth-order valence-electron chi connectivity index (χ4n) is 6.73. The Balaban J connectivity index is 1.27. The number of fused-ring (bicyclic) bond motifs is 1. The molecule has 158 valence electrons. The molecule has 3 fully saturated rings.